The summed E-state index contributed by atoms with van der Waals surface area (Å²) < 4.78 is 5.70. The fourth-order valence-electron chi connectivity index (χ4n) is 3.15. The van der Waals surface area contributed by atoms with Gasteiger partial charge in [0, 0.05) is 36.4 Å². The van der Waals surface area contributed by atoms with Crippen LogP contribution in [0, 0.1) is 0 Å². The van der Waals surface area contributed by atoms with Crippen molar-refractivity contribution in [3.05, 3.63) is 65.7 Å². The molecule has 0 radical (unpaired) electrons. The average molecular weight is 360 g/mol. The number of ketones is 1. The average Bonchev–Trinajstić information content (AvgIpc) is 3.18. The van der Waals surface area contributed by atoms with E-state index in [4.69, 9.17) is 4.74 Å². The molecule has 0 fully saturated rings. The van der Waals surface area contributed by atoms with Gasteiger partial charge in [-0.25, -0.2) is 9.97 Å². The number of aromatic nitrogens is 3. The number of nitrogens with one attached hydrogen (secondary N) is 1. The first-order chi connectivity index (χ1) is 13.2. The van der Waals surface area contributed by atoms with Crippen LogP contribution in [0.25, 0.3) is 11.3 Å². The normalized spacial score (nSPS) is 12.3. The minimum atomic E-state index is 0.0539. The maximum absolute atomic E-state index is 11.4. The van der Waals surface area contributed by atoms with E-state index in [2.05, 4.69) is 20.3 Å². The van der Waals surface area contributed by atoms with E-state index in [1.807, 2.05) is 42.6 Å². The highest BCUT2D eigenvalue weighted by molar-refractivity contribution is 5.94. The number of carbonyl (C=O) groups excluding carboxylic acids is 1. The van der Waals surface area contributed by atoms with Crippen molar-refractivity contribution < 1.29 is 9.53 Å². The summed E-state index contributed by atoms with van der Waals surface area (Å²) in [6.07, 6.45) is 5.10. The second kappa shape index (κ2) is 7.53. The molecule has 1 N–H and O–H groups in total. The molecule has 0 unspecified atom stereocenters. The smallest absolute Gasteiger partial charge is 0.159 e. The zero-order chi connectivity index (χ0) is 18.6. The predicted molar refractivity (Wildman–Crippen MR) is 103 cm³/mol. The molecule has 0 saturated heterocycles. The van der Waals surface area contributed by atoms with Crippen molar-refractivity contribution >= 4 is 11.6 Å². The van der Waals surface area contributed by atoms with Crippen LogP contribution in [0.4, 0.5) is 5.82 Å². The quantitative estimate of drug-likeness (QED) is 0.680. The lowest BCUT2D eigenvalue weighted by Crippen LogP contribution is -2.07. The van der Waals surface area contributed by atoms with Crippen LogP contribution in [-0.2, 0) is 12.8 Å². The van der Waals surface area contributed by atoms with Gasteiger partial charge in [0.15, 0.2) is 5.78 Å². The van der Waals surface area contributed by atoms with Crippen LogP contribution in [0.3, 0.4) is 0 Å². The summed E-state index contributed by atoms with van der Waals surface area (Å²) in [5.41, 5.74) is 4.67. The molecule has 3 aromatic rings. The van der Waals surface area contributed by atoms with E-state index >= 15 is 0 Å². The number of pyridine rings is 1. The van der Waals surface area contributed by atoms with Crippen LogP contribution in [0.1, 0.15) is 28.5 Å². The molecule has 0 amide bonds. The Kier molecular flexibility index (Phi) is 4.78. The van der Waals surface area contributed by atoms with Gasteiger partial charge in [0.2, 0.25) is 0 Å². The van der Waals surface area contributed by atoms with Crippen LogP contribution in [0.2, 0.25) is 0 Å². The van der Waals surface area contributed by atoms with Gasteiger partial charge in [0.25, 0.3) is 0 Å². The van der Waals surface area contributed by atoms with E-state index in [0.717, 1.165) is 47.9 Å². The number of hydrogen-bond donors (Lipinski definition) is 1. The van der Waals surface area contributed by atoms with E-state index in [0.29, 0.717) is 12.2 Å². The summed E-state index contributed by atoms with van der Waals surface area (Å²) in [4.78, 5) is 24.4. The van der Waals surface area contributed by atoms with Gasteiger partial charge >= 0.3 is 0 Å². The van der Waals surface area contributed by atoms with Crippen molar-refractivity contribution in [3.63, 3.8) is 0 Å². The monoisotopic (exact) mass is 360 g/mol. The largest absolute Gasteiger partial charge is 0.491 e. The molecule has 0 atom stereocenters. The molecule has 27 heavy (non-hydrogen) atoms. The summed E-state index contributed by atoms with van der Waals surface area (Å²) >= 11 is 0. The Balaban J connectivity index is 1.42. The van der Waals surface area contributed by atoms with Gasteiger partial charge in [-0.1, -0.05) is 24.3 Å². The van der Waals surface area contributed by atoms with E-state index < -0.39 is 0 Å². The summed E-state index contributed by atoms with van der Waals surface area (Å²) in [6, 6.07) is 11.4. The fourth-order valence-corrected chi connectivity index (χ4v) is 3.15. The number of hydrogen-bond acceptors (Lipinski definition) is 6. The molecule has 6 heteroatoms. The van der Waals surface area contributed by atoms with E-state index in [-0.39, 0.29) is 5.78 Å². The van der Waals surface area contributed by atoms with Crippen molar-refractivity contribution in [3.8, 4) is 17.0 Å². The van der Waals surface area contributed by atoms with Crippen molar-refractivity contribution in [1.82, 2.24) is 15.0 Å². The molecule has 1 aliphatic rings. The zero-order valence-electron chi connectivity index (χ0n) is 15.1. The van der Waals surface area contributed by atoms with E-state index in [1.54, 1.807) is 13.3 Å². The van der Waals surface area contributed by atoms with Gasteiger partial charge in [0.1, 0.15) is 17.9 Å². The molecule has 0 saturated carbocycles. The number of benzene rings is 1. The van der Waals surface area contributed by atoms with Crippen LogP contribution < -0.4 is 10.1 Å². The lowest BCUT2D eigenvalue weighted by Gasteiger charge is -2.09. The highest BCUT2D eigenvalue weighted by Crippen LogP contribution is 2.27. The highest BCUT2D eigenvalue weighted by atomic mass is 16.5. The first-order valence-electron chi connectivity index (χ1n) is 8.97. The van der Waals surface area contributed by atoms with E-state index in [1.165, 1.54) is 5.56 Å². The molecule has 0 aliphatic carbocycles. The zero-order valence-corrected chi connectivity index (χ0v) is 15.1. The standard InChI is InChI=1S/C21H20N4O2/c1-14(26)15-2-4-16(5-3-15)19-12-20(25-13-24-19)23-10-7-17-6-9-22-18-8-11-27-21(17)18/h2-6,9,12-13H,7-8,10-11H2,1H3,(H,23,24,25). The van der Waals surface area contributed by atoms with Crippen molar-refractivity contribution in [2.75, 3.05) is 18.5 Å². The van der Waals surface area contributed by atoms with E-state index in [9.17, 15) is 4.79 Å². The Morgan fingerprint density at radius 2 is 2.00 bits per heavy atom. The summed E-state index contributed by atoms with van der Waals surface area (Å²) in [5.74, 6) is 1.76. The van der Waals surface area contributed by atoms with Gasteiger partial charge < -0.3 is 10.1 Å². The topological polar surface area (TPSA) is 77.0 Å². The number of nitrogens with zero attached hydrogens (tertiary/aromatic N) is 3. The Hall–Kier alpha value is -3.28. The van der Waals surface area contributed by atoms with Crippen LogP contribution in [0.5, 0.6) is 5.75 Å². The lowest BCUT2D eigenvalue weighted by atomic mass is 10.1. The molecule has 0 spiro atoms. The molecule has 0 bridgehead atoms. The first-order valence-corrected chi connectivity index (χ1v) is 8.97. The second-order valence-electron chi connectivity index (χ2n) is 6.44. The van der Waals surface area contributed by atoms with Crippen molar-refractivity contribution in [2.24, 2.45) is 0 Å². The molecule has 1 aliphatic heterocycles. The molecule has 3 heterocycles. The summed E-state index contributed by atoms with van der Waals surface area (Å²) in [7, 11) is 0. The number of carbonyl (C=O) groups is 1. The number of ether oxygens (including phenoxy) is 1. The number of Topliss-reactive ketones (excluding diaryl/α,β-unsaturated/α-hetero) is 1. The maximum Gasteiger partial charge on any atom is 0.159 e. The minimum Gasteiger partial charge on any atom is -0.491 e. The van der Waals surface area contributed by atoms with Crippen LogP contribution in [-0.4, -0.2) is 33.9 Å². The third-order valence-corrected chi connectivity index (χ3v) is 4.60. The molecule has 2 aromatic heterocycles. The van der Waals surface area contributed by atoms with Gasteiger partial charge in [0.05, 0.1) is 18.0 Å². The Labute approximate surface area is 157 Å². The molecule has 136 valence electrons. The van der Waals surface area contributed by atoms with Crippen LogP contribution >= 0.6 is 0 Å². The minimum absolute atomic E-state index is 0.0539. The van der Waals surface area contributed by atoms with Crippen molar-refractivity contribution in [1.29, 1.82) is 0 Å². The van der Waals surface area contributed by atoms with Crippen LogP contribution in [0.15, 0.2) is 48.9 Å². The predicted octanol–water partition coefficient (Wildman–Crippen LogP) is 3.33. The first kappa shape index (κ1) is 17.1. The van der Waals surface area contributed by atoms with Crippen molar-refractivity contribution in [2.45, 2.75) is 19.8 Å². The van der Waals surface area contributed by atoms with Gasteiger partial charge in [-0.05, 0) is 25.0 Å². The van der Waals surface area contributed by atoms with Gasteiger partial charge in [-0.15, -0.1) is 0 Å². The van der Waals surface area contributed by atoms with Gasteiger partial charge in [-0.3, -0.25) is 9.78 Å². The molecular weight excluding hydrogens is 340 g/mol. The lowest BCUT2D eigenvalue weighted by molar-refractivity contribution is 0.101. The Morgan fingerprint density at radius 3 is 2.81 bits per heavy atom. The molecule has 4 rings (SSSR count). The highest BCUT2D eigenvalue weighted by Gasteiger charge is 2.16. The third kappa shape index (κ3) is 3.79. The third-order valence-electron chi connectivity index (χ3n) is 4.60. The Morgan fingerprint density at radius 1 is 1.15 bits per heavy atom. The SMILES string of the molecule is CC(=O)c1ccc(-c2cc(NCCc3ccnc4c3OCC4)ncn2)cc1. The summed E-state index contributed by atoms with van der Waals surface area (Å²) in [5, 5.41) is 3.34. The number of anilines is 1. The molecular formula is C21H20N4O2. The maximum atomic E-state index is 11.4. The number of fused-ring (bicyclic) bond motifs is 1. The fraction of sp³-hybridized carbons (Fsp3) is 0.238. The Bertz CT molecular complexity index is 970. The molecule has 6 nitrogen and oxygen atoms in total. The number of rotatable bonds is 6. The van der Waals surface area contributed by atoms with Gasteiger partial charge in [-0.2, -0.15) is 0 Å². The molecule has 1 aromatic carbocycles. The summed E-state index contributed by atoms with van der Waals surface area (Å²) in [6.45, 7) is 3.01. The second-order valence-corrected chi connectivity index (χ2v) is 6.44.